The summed E-state index contributed by atoms with van der Waals surface area (Å²) < 4.78 is 3.14. The molecule has 2 heteroatoms. The van der Waals surface area contributed by atoms with E-state index >= 15 is 0 Å². The lowest BCUT2D eigenvalue weighted by Crippen LogP contribution is -2.31. The van der Waals surface area contributed by atoms with Crippen LogP contribution in [0.4, 0.5) is 17.1 Å². The summed E-state index contributed by atoms with van der Waals surface area (Å²) in [5.41, 5.74) is 18.9. The zero-order chi connectivity index (χ0) is 32.6. The van der Waals surface area contributed by atoms with Crippen molar-refractivity contribution in [1.82, 2.24) is 9.05 Å². The van der Waals surface area contributed by atoms with Crippen molar-refractivity contribution in [1.29, 1.82) is 0 Å². The van der Waals surface area contributed by atoms with E-state index in [-0.39, 0.29) is 0 Å². The number of hydrogen-bond donors (Lipinski definition) is 0. The Labute approximate surface area is 282 Å². The fourth-order valence-electron chi connectivity index (χ4n) is 8.16. The molecule has 0 aliphatic carbocycles. The number of benzene rings is 7. The van der Waals surface area contributed by atoms with E-state index in [1.165, 1.54) is 94.6 Å². The van der Waals surface area contributed by atoms with Crippen LogP contribution < -0.4 is 4.48 Å². The molecule has 0 atom stereocenters. The molecule has 8 aromatic rings. The van der Waals surface area contributed by atoms with Gasteiger partial charge in [0.05, 0.1) is 23.8 Å². The molecule has 2 heterocycles. The number of hydrogen-bond acceptors (Lipinski definition) is 0. The first kappa shape index (κ1) is 28.5. The maximum absolute atomic E-state index is 2.48. The minimum Gasteiger partial charge on any atom is -0.308 e. The minimum absolute atomic E-state index is 0.656. The first-order valence-corrected chi connectivity index (χ1v) is 16.8. The Kier molecular flexibility index (Phi) is 6.34. The van der Waals surface area contributed by atoms with Crippen LogP contribution in [0.15, 0.2) is 152 Å². The van der Waals surface area contributed by atoms with Crippen molar-refractivity contribution in [3.8, 4) is 39.1 Å². The Morgan fingerprint density at radius 2 is 1.08 bits per heavy atom. The highest BCUT2D eigenvalue weighted by Gasteiger charge is 2.42. The Bertz CT molecular complexity index is 2500. The molecular formula is C46H37N2+. The smallest absolute Gasteiger partial charge is 0.150 e. The quantitative estimate of drug-likeness (QED) is 0.173. The van der Waals surface area contributed by atoms with Crippen LogP contribution in [0.1, 0.15) is 16.7 Å². The molecule has 0 N–H and O–H groups in total. The molecule has 0 amide bonds. The Morgan fingerprint density at radius 1 is 0.458 bits per heavy atom. The molecule has 7 aromatic carbocycles. The van der Waals surface area contributed by atoms with E-state index in [0.717, 1.165) is 0 Å². The molecule has 1 aliphatic heterocycles. The monoisotopic (exact) mass is 617 g/mol. The van der Waals surface area contributed by atoms with Gasteiger partial charge in [-0.25, -0.2) is 4.48 Å². The Balaban J connectivity index is 1.22. The van der Waals surface area contributed by atoms with Gasteiger partial charge < -0.3 is 4.57 Å². The second-order valence-electron chi connectivity index (χ2n) is 13.5. The molecule has 0 fully saturated rings. The summed E-state index contributed by atoms with van der Waals surface area (Å²) in [6.07, 6.45) is 0. The van der Waals surface area contributed by atoms with E-state index in [1.807, 2.05) is 0 Å². The molecule has 48 heavy (non-hydrogen) atoms. The summed E-state index contributed by atoms with van der Waals surface area (Å²) in [6, 6.07) is 56.3. The average Bonchev–Trinajstić information content (AvgIpc) is 3.59. The van der Waals surface area contributed by atoms with Crippen LogP contribution in [-0.4, -0.2) is 11.6 Å². The molecule has 0 saturated carbocycles. The molecule has 0 bridgehead atoms. The highest BCUT2D eigenvalue weighted by atomic mass is 15.4. The number of rotatable bonds is 4. The number of para-hydroxylation sites is 4. The third-order valence-electron chi connectivity index (χ3n) is 10.5. The van der Waals surface area contributed by atoms with Gasteiger partial charge in [0, 0.05) is 51.7 Å². The highest BCUT2D eigenvalue weighted by Crippen LogP contribution is 2.56. The van der Waals surface area contributed by atoms with Gasteiger partial charge in [0.2, 0.25) is 0 Å². The summed E-state index contributed by atoms with van der Waals surface area (Å²) in [5.74, 6) is 0. The van der Waals surface area contributed by atoms with Crippen LogP contribution in [0, 0.1) is 20.8 Å². The van der Waals surface area contributed by atoms with Crippen molar-refractivity contribution >= 4 is 38.9 Å². The van der Waals surface area contributed by atoms with Crippen LogP contribution in [0.3, 0.4) is 0 Å². The Hall–Kier alpha value is -5.70. The molecule has 0 radical (unpaired) electrons. The normalized spacial score (nSPS) is 13.2. The predicted molar refractivity (Wildman–Crippen MR) is 205 cm³/mol. The second-order valence-corrected chi connectivity index (χ2v) is 13.5. The standard InChI is InChI=1S/C46H37N2/c1-30-20-26-35(33-22-24-34(25-23-33)48(4)44-18-9-6-14-37(44)38-15-7-10-19-45(38)48)40(28-30)36-13-5-8-17-42(36)47-43-27-21-31(2)29-41(43)39-16-11-12-32(3)46(39)47/h5-29H,1-4H3/q+1. The van der Waals surface area contributed by atoms with Crippen LogP contribution in [0.25, 0.3) is 60.9 Å². The average molecular weight is 618 g/mol. The number of fused-ring (bicyclic) bond motifs is 6. The zero-order valence-electron chi connectivity index (χ0n) is 27.8. The number of quaternary nitrogens is 1. The summed E-state index contributed by atoms with van der Waals surface area (Å²) in [6.45, 7) is 6.60. The number of aryl methyl sites for hydroxylation is 3. The van der Waals surface area contributed by atoms with Crippen molar-refractivity contribution in [3.63, 3.8) is 0 Å². The van der Waals surface area contributed by atoms with E-state index in [4.69, 9.17) is 0 Å². The molecule has 1 aliphatic rings. The summed E-state index contributed by atoms with van der Waals surface area (Å²) >= 11 is 0. The van der Waals surface area contributed by atoms with Crippen LogP contribution in [0.5, 0.6) is 0 Å². The zero-order valence-corrected chi connectivity index (χ0v) is 27.8. The van der Waals surface area contributed by atoms with Gasteiger partial charge in [-0.05, 0) is 85.5 Å². The number of aromatic nitrogens is 1. The van der Waals surface area contributed by atoms with E-state index in [2.05, 4.69) is 184 Å². The second kappa shape index (κ2) is 10.7. The van der Waals surface area contributed by atoms with Crippen LogP contribution >= 0.6 is 0 Å². The lowest BCUT2D eigenvalue weighted by molar-refractivity contribution is 0.642. The first-order valence-electron chi connectivity index (χ1n) is 16.8. The lowest BCUT2D eigenvalue weighted by Gasteiger charge is -2.30. The highest BCUT2D eigenvalue weighted by molar-refractivity contribution is 6.11. The van der Waals surface area contributed by atoms with Crippen molar-refractivity contribution < 1.29 is 0 Å². The molecule has 0 spiro atoms. The van der Waals surface area contributed by atoms with Crippen molar-refractivity contribution in [2.45, 2.75) is 20.8 Å². The van der Waals surface area contributed by atoms with Gasteiger partial charge in [0.25, 0.3) is 0 Å². The molecule has 0 saturated heterocycles. The fourth-order valence-corrected chi connectivity index (χ4v) is 8.16. The van der Waals surface area contributed by atoms with Gasteiger partial charge in [-0.15, -0.1) is 0 Å². The third kappa shape index (κ3) is 4.09. The van der Waals surface area contributed by atoms with Crippen molar-refractivity contribution in [3.05, 3.63) is 168 Å². The van der Waals surface area contributed by atoms with Crippen molar-refractivity contribution in [2.75, 3.05) is 7.05 Å². The first-order chi connectivity index (χ1) is 23.4. The summed E-state index contributed by atoms with van der Waals surface area (Å²) in [4.78, 5) is 0. The molecule has 2 nitrogen and oxygen atoms in total. The Morgan fingerprint density at radius 3 is 1.81 bits per heavy atom. The largest absolute Gasteiger partial charge is 0.308 e. The lowest BCUT2D eigenvalue weighted by atomic mass is 9.91. The minimum atomic E-state index is 0.656. The van der Waals surface area contributed by atoms with Gasteiger partial charge in [-0.3, -0.25) is 0 Å². The van der Waals surface area contributed by atoms with E-state index < -0.39 is 0 Å². The van der Waals surface area contributed by atoms with Crippen LogP contribution in [0.2, 0.25) is 0 Å². The van der Waals surface area contributed by atoms with Crippen LogP contribution in [-0.2, 0) is 0 Å². The molecular weight excluding hydrogens is 581 g/mol. The third-order valence-corrected chi connectivity index (χ3v) is 10.5. The van der Waals surface area contributed by atoms with Gasteiger partial charge in [-0.2, -0.15) is 0 Å². The number of nitrogens with zero attached hydrogens (tertiary/aromatic N) is 2. The summed E-state index contributed by atoms with van der Waals surface area (Å²) in [7, 11) is 2.32. The predicted octanol–water partition coefficient (Wildman–Crippen LogP) is 12.6. The van der Waals surface area contributed by atoms with Gasteiger partial charge in [0.1, 0.15) is 5.69 Å². The van der Waals surface area contributed by atoms with Gasteiger partial charge in [0.15, 0.2) is 11.4 Å². The fraction of sp³-hybridized carbons (Fsp3) is 0.0870. The SMILES string of the molecule is Cc1ccc(-c2ccc([N+]3(C)c4ccccc4-c4ccccc43)cc2)c(-c2ccccc2-n2c3ccc(C)cc3c3cccc(C)c32)c1. The molecule has 1 aromatic heterocycles. The summed E-state index contributed by atoms with van der Waals surface area (Å²) in [5, 5.41) is 2.59. The van der Waals surface area contributed by atoms with E-state index in [1.54, 1.807) is 0 Å². The van der Waals surface area contributed by atoms with Gasteiger partial charge in [-0.1, -0.05) is 96.1 Å². The topological polar surface area (TPSA) is 4.93 Å². The van der Waals surface area contributed by atoms with Crippen molar-refractivity contribution in [2.24, 2.45) is 0 Å². The van der Waals surface area contributed by atoms with E-state index in [0.29, 0.717) is 4.48 Å². The molecule has 230 valence electrons. The molecule has 0 unspecified atom stereocenters. The van der Waals surface area contributed by atoms with E-state index in [9.17, 15) is 0 Å². The van der Waals surface area contributed by atoms with Gasteiger partial charge >= 0.3 is 0 Å². The maximum atomic E-state index is 2.48. The maximum Gasteiger partial charge on any atom is 0.150 e. The molecule has 9 rings (SSSR count).